The molecule has 0 spiro atoms. The fraction of sp³-hybridized carbons (Fsp3) is 0.118. The van der Waals surface area contributed by atoms with E-state index in [2.05, 4.69) is 27.0 Å². The summed E-state index contributed by atoms with van der Waals surface area (Å²) in [5.74, 6) is 6.23. The zero-order chi connectivity index (χ0) is 16.2. The lowest BCUT2D eigenvalue weighted by Gasteiger charge is -1.95. The maximum absolute atomic E-state index is 13.1. The van der Waals surface area contributed by atoms with E-state index < -0.39 is 0 Å². The van der Waals surface area contributed by atoms with Gasteiger partial charge in [0.1, 0.15) is 11.5 Å². The fourth-order valence-corrected chi connectivity index (χ4v) is 1.83. The Kier molecular flexibility index (Phi) is 4.13. The van der Waals surface area contributed by atoms with E-state index >= 15 is 0 Å². The number of hydrogen-bond donors (Lipinski definition) is 1. The van der Waals surface area contributed by atoms with Crippen LogP contribution in [0, 0.1) is 17.7 Å². The van der Waals surface area contributed by atoms with E-state index in [1.807, 2.05) is 0 Å². The van der Waals surface area contributed by atoms with Crippen molar-refractivity contribution < 1.29 is 8.91 Å². The standard InChI is InChI=1S/C17H13FN4O/c1-11(19)17-21-16(22-23-17)15-8-7-13(10-20-15)6-5-12-3-2-4-14(18)9-12/h2-4,7-11H,19H2,1H3. The number of pyridine rings is 1. The van der Waals surface area contributed by atoms with Gasteiger partial charge in [-0.3, -0.25) is 4.98 Å². The lowest BCUT2D eigenvalue weighted by molar-refractivity contribution is 0.362. The Hall–Kier alpha value is -3.04. The zero-order valence-corrected chi connectivity index (χ0v) is 12.3. The largest absolute Gasteiger partial charge is 0.337 e. The Labute approximate surface area is 132 Å². The quantitative estimate of drug-likeness (QED) is 0.736. The summed E-state index contributed by atoms with van der Waals surface area (Å²) in [6, 6.07) is 9.32. The Bertz CT molecular complexity index is 875. The van der Waals surface area contributed by atoms with Gasteiger partial charge in [0.05, 0.1) is 6.04 Å². The topological polar surface area (TPSA) is 77.8 Å². The minimum Gasteiger partial charge on any atom is -0.337 e. The van der Waals surface area contributed by atoms with E-state index in [1.54, 1.807) is 37.4 Å². The molecule has 3 rings (SSSR count). The average Bonchev–Trinajstić information content (AvgIpc) is 3.04. The Morgan fingerprint density at radius 1 is 1.17 bits per heavy atom. The zero-order valence-electron chi connectivity index (χ0n) is 12.3. The predicted octanol–water partition coefficient (Wildman–Crippen LogP) is 2.69. The number of halogens is 1. The van der Waals surface area contributed by atoms with Crippen LogP contribution in [-0.2, 0) is 0 Å². The minimum absolute atomic E-state index is 0.313. The summed E-state index contributed by atoms with van der Waals surface area (Å²) in [6.07, 6.45) is 1.60. The van der Waals surface area contributed by atoms with Gasteiger partial charge in [0, 0.05) is 17.3 Å². The molecular weight excluding hydrogens is 295 g/mol. The molecule has 3 aromatic rings. The van der Waals surface area contributed by atoms with Crippen LogP contribution in [-0.4, -0.2) is 15.1 Å². The molecular formula is C17H13FN4O. The molecule has 0 amide bonds. The van der Waals surface area contributed by atoms with E-state index in [-0.39, 0.29) is 11.9 Å². The lowest BCUT2D eigenvalue weighted by Crippen LogP contribution is -2.04. The van der Waals surface area contributed by atoms with Crippen LogP contribution in [0.1, 0.15) is 30.0 Å². The van der Waals surface area contributed by atoms with Crippen LogP contribution >= 0.6 is 0 Å². The second-order valence-electron chi connectivity index (χ2n) is 4.94. The van der Waals surface area contributed by atoms with Gasteiger partial charge in [-0.05, 0) is 37.3 Å². The smallest absolute Gasteiger partial charge is 0.243 e. The first-order chi connectivity index (χ1) is 11.1. The monoisotopic (exact) mass is 308 g/mol. The van der Waals surface area contributed by atoms with Crippen molar-refractivity contribution in [3.05, 3.63) is 65.4 Å². The number of nitrogens with zero attached hydrogens (tertiary/aromatic N) is 3. The SMILES string of the molecule is CC(N)c1nc(-c2ccc(C#Cc3cccc(F)c3)cn2)no1. The molecule has 0 radical (unpaired) electrons. The van der Waals surface area contributed by atoms with Crippen molar-refractivity contribution in [2.75, 3.05) is 0 Å². The van der Waals surface area contributed by atoms with Crippen LogP contribution in [0.25, 0.3) is 11.5 Å². The van der Waals surface area contributed by atoms with Gasteiger partial charge in [-0.25, -0.2) is 4.39 Å². The molecule has 23 heavy (non-hydrogen) atoms. The molecule has 0 saturated carbocycles. The van der Waals surface area contributed by atoms with Crippen molar-refractivity contribution in [1.29, 1.82) is 0 Å². The molecule has 2 heterocycles. The van der Waals surface area contributed by atoms with Crippen LogP contribution in [0.15, 0.2) is 47.1 Å². The van der Waals surface area contributed by atoms with Crippen LogP contribution in [0.2, 0.25) is 0 Å². The number of aromatic nitrogens is 3. The molecule has 5 nitrogen and oxygen atoms in total. The first-order valence-electron chi connectivity index (χ1n) is 6.95. The molecule has 1 unspecified atom stereocenters. The Morgan fingerprint density at radius 2 is 2.00 bits per heavy atom. The third-order valence-corrected chi connectivity index (χ3v) is 3.00. The normalized spacial score (nSPS) is 11.6. The van der Waals surface area contributed by atoms with E-state index in [0.717, 1.165) is 0 Å². The Morgan fingerprint density at radius 3 is 2.65 bits per heavy atom. The van der Waals surface area contributed by atoms with E-state index in [9.17, 15) is 4.39 Å². The van der Waals surface area contributed by atoms with Crippen LogP contribution < -0.4 is 5.73 Å². The van der Waals surface area contributed by atoms with Crippen molar-refractivity contribution in [3.8, 4) is 23.4 Å². The van der Waals surface area contributed by atoms with Crippen molar-refractivity contribution in [2.24, 2.45) is 5.73 Å². The number of hydrogen-bond acceptors (Lipinski definition) is 5. The van der Waals surface area contributed by atoms with Crippen molar-refractivity contribution in [3.63, 3.8) is 0 Å². The van der Waals surface area contributed by atoms with Gasteiger partial charge in [0.15, 0.2) is 0 Å². The van der Waals surface area contributed by atoms with Gasteiger partial charge in [-0.1, -0.05) is 23.1 Å². The second kappa shape index (κ2) is 6.38. The summed E-state index contributed by atoms with van der Waals surface area (Å²) in [5.41, 5.74) is 7.55. The maximum Gasteiger partial charge on any atom is 0.243 e. The van der Waals surface area contributed by atoms with Crippen LogP contribution in [0.3, 0.4) is 0 Å². The highest BCUT2D eigenvalue weighted by atomic mass is 19.1. The highest BCUT2D eigenvalue weighted by Crippen LogP contribution is 2.15. The minimum atomic E-state index is -0.326. The summed E-state index contributed by atoms with van der Waals surface area (Å²) in [6.45, 7) is 1.76. The maximum atomic E-state index is 13.1. The van der Waals surface area contributed by atoms with Gasteiger partial charge in [0.25, 0.3) is 0 Å². The number of nitrogens with two attached hydrogens (primary N) is 1. The van der Waals surface area contributed by atoms with Crippen molar-refractivity contribution in [1.82, 2.24) is 15.1 Å². The summed E-state index contributed by atoms with van der Waals surface area (Å²) in [4.78, 5) is 8.42. The molecule has 114 valence electrons. The third-order valence-electron chi connectivity index (χ3n) is 3.00. The van der Waals surface area contributed by atoms with E-state index in [4.69, 9.17) is 10.3 Å². The molecule has 0 fully saturated rings. The Balaban J connectivity index is 1.79. The summed E-state index contributed by atoms with van der Waals surface area (Å²) < 4.78 is 18.1. The first kappa shape index (κ1) is 14.9. The molecule has 6 heteroatoms. The fourth-order valence-electron chi connectivity index (χ4n) is 1.83. The van der Waals surface area contributed by atoms with Crippen LogP contribution in [0.4, 0.5) is 4.39 Å². The first-order valence-corrected chi connectivity index (χ1v) is 6.95. The summed E-state index contributed by atoms with van der Waals surface area (Å²) in [5, 5.41) is 3.83. The lowest BCUT2D eigenvalue weighted by atomic mass is 10.2. The number of benzene rings is 1. The predicted molar refractivity (Wildman–Crippen MR) is 82.5 cm³/mol. The van der Waals surface area contributed by atoms with Crippen molar-refractivity contribution in [2.45, 2.75) is 13.0 Å². The molecule has 1 aromatic carbocycles. The molecule has 2 N–H and O–H groups in total. The van der Waals surface area contributed by atoms with E-state index in [0.29, 0.717) is 28.5 Å². The highest BCUT2D eigenvalue weighted by Gasteiger charge is 2.12. The van der Waals surface area contributed by atoms with Crippen LogP contribution in [0.5, 0.6) is 0 Å². The molecule has 0 saturated heterocycles. The molecule has 0 aliphatic heterocycles. The van der Waals surface area contributed by atoms with E-state index in [1.165, 1.54) is 12.1 Å². The van der Waals surface area contributed by atoms with Gasteiger partial charge in [-0.2, -0.15) is 4.98 Å². The molecule has 0 aliphatic carbocycles. The molecule has 0 bridgehead atoms. The summed E-state index contributed by atoms with van der Waals surface area (Å²) >= 11 is 0. The van der Waals surface area contributed by atoms with Gasteiger partial charge < -0.3 is 10.3 Å². The average molecular weight is 308 g/mol. The van der Waals surface area contributed by atoms with Gasteiger partial charge in [-0.15, -0.1) is 0 Å². The highest BCUT2D eigenvalue weighted by molar-refractivity contribution is 5.50. The van der Waals surface area contributed by atoms with Crippen molar-refractivity contribution >= 4 is 0 Å². The van der Waals surface area contributed by atoms with Gasteiger partial charge >= 0.3 is 0 Å². The molecule has 2 aromatic heterocycles. The third kappa shape index (κ3) is 3.59. The summed E-state index contributed by atoms with van der Waals surface area (Å²) in [7, 11) is 0. The number of rotatable bonds is 2. The van der Waals surface area contributed by atoms with Gasteiger partial charge in [0.2, 0.25) is 11.7 Å². The molecule has 1 atom stereocenters. The second-order valence-corrected chi connectivity index (χ2v) is 4.94. The molecule has 0 aliphatic rings.